The fourth-order valence-electron chi connectivity index (χ4n) is 4.07. The van der Waals surface area contributed by atoms with Crippen LogP contribution in [0, 0.1) is 17.8 Å². The molecule has 1 aliphatic rings. The minimum absolute atomic E-state index is 0.318. The maximum absolute atomic E-state index is 13.5. The first-order valence-electron chi connectivity index (χ1n) is 9.75. The number of ether oxygens (including phenoxy) is 1. The summed E-state index contributed by atoms with van der Waals surface area (Å²) in [6, 6.07) is 0. The van der Waals surface area contributed by atoms with Gasteiger partial charge in [0.25, 0.3) is 0 Å². The van der Waals surface area contributed by atoms with Crippen molar-refractivity contribution in [2.45, 2.75) is 82.4 Å². The molecule has 3 unspecified atom stereocenters. The lowest BCUT2D eigenvalue weighted by atomic mass is 9.84. The van der Waals surface area contributed by atoms with Gasteiger partial charge >= 0.3 is 11.2 Å². The van der Waals surface area contributed by atoms with Crippen molar-refractivity contribution in [3.8, 4) is 0 Å². The predicted molar refractivity (Wildman–Crippen MR) is 96.6 cm³/mol. The van der Waals surface area contributed by atoms with Crippen molar-refractivity contribution in [2.75, 3.05) is 6.61 Å². The Kier molecular flexibility index (Phi) is 8.17. The molecule has 172 valence electrons. The van der Waals surface area contributed by atoms with Gasteiger partial charge in [0.1, 0.15) is 0 Å². The SMILES string of the molecule is CCC(O)(CC)C1C(C(=O)OCCC(F)C(F)(F)S(=O)(=O)[O-])C1C(O)(CC)CC. The number of aliphatic hydroxyl groups is 2. The van der Waals surface area contributed by atoms with Crippen LogP contribution in [-0.4, -0.2) is 58.4 Å². The van der Waals surface area contributed by atoms with Crippen LogP contribution in [0.4, 0.5) is 13.2 Å². The molecule has 3 atom stereocenters. The molecule has 0 aromatic carbocycles. The van der Waals surface area contributed by atoms with Crippen LogP contribution in [-0.2, 0) is 19.6 Å². The van der Waals surface area contributed by atoms with Crippen molar-refractivity contribution < 1.29 is 45.9 Å². The molecule has 0 saturated heterocycles. The van der Waals surface area contributed by atoms with Crippen LogP contribution in [0.3, 0.4) is 0 Å². The Morgan fingerprint density at radius 1 is 1.03 bits per heavy atom. The molecular weight excluding hydrogens is 417 g/mol. The molecule has 1 rings (SSSR count). The van der Waals surface area contributed by atoms with Gasteiger partial charge in [0.2, 0.25) is 0 Å². The minimum Gasteiger partial charge on any atom is -0.743 e. The largest absolute Gasteiger partial charge is 0.743 e. The second kappa shape index (κ2) is 9.07. The molecule has 0 aromatic rings. The van der Waals surface area contributed by atoms with Gasteiger partial charge in [0.15, 0.2) is 16.3 Å². The van der Waals surface area contributed by atoms with Gasteiger partial charge in [-0.25, -0.2) is 12.8 Å². The summed E-state index contributed by atoms with van der Waals surface area (Å²) in [4.78, 5) is 12.5. The van der Waals surface area contributed by atoms with Gasteiger partial charge < -0.3 is 19.5 Å². The highest BCUT2D eigenvalue weighted by Gasteiger charge is 2.69. The lowest BCUT2D eigenvalue weighted by Crippen LogP contribution is -2.39. The summed E-state index contributed by atoms with van der Waals surface area (Å²) in [6.07, 6.45) is -3.23. The fourth-order valence-corrected chi connectivity index (χ4v) is 4.50. The van der Waals surface area contributed by atoms with E-state index in [9.17, 15) is 41.1 Å². The van der Waals surface area contributed by atoms with E-state index in [4.69, 9.17) is 4.74 Å². The Bertz CT molecular complexity index is 651. The fraction of sp³-hybridized carbons (Fsp3) is 0.944. The van der Waals surface area contributed by atoms with Crippen molar-refractivity contribution in [1.29, 1.82) is 0 Å². The van der Waals surface area contributed by atoms with Crippen molar-refractivity contribution in [1.82, 2.24) is 0 Å². The van der Waals surface area contributed by atoms with Crippen LogP contribution in [0.2, 0.25) is 0 Å². The standard InChI is InChI=1S/C18H31F3O7S/c1-5-16(23,6-2)13-12(14(13)17(24,7-3)8-4)15(22)28-10-9-11(19)18(20,21)29(25,26)27/h11-14,23-24H,5-10H2,1-4H3,(H,25,26,27)/p-1. The second-order valence-electron chi connectivity index (χ2n) is 7.64. The van der Waals surface area contributed by atoms with E-state index in [1.165, 1.54) is 0 Å². The topological polar surface area (TPSA) is 124 Å². The van der Waals surface area contributed by atoms with Crippen LogP contribution in [0.1, 0.15) is 59.8 Å². The summed E-state index contributed by atoms with van der Waals surface area (Å²) in [6.45, 7) is 6.07. The quantitative estimate of drug-likeness (QED) is 0.348. The Morgan fingerprint density at radius 3 is 1.72 bits per heavy atom. The third kappa shape index (κ3) is 5.05. The Balaban J connectivity index is 2.88. The first-order valence-corrected chi connectivity index (χ1v) is 11.2. The number of rotatable bonds is 12. The van der Waals surface area contributed by atoms with Gasteiger partial charge in [-0.3, -0.25) is 4.79 Å². The van der Waals surface area contributed by atoms with Gasteiger partial charge in [0, 0.05) is 18.3 Å². The van der Waals surface area contributed by atoms with Crippen molar-refractivity contribution in [3.63, 3.8) is 0 Å². The van der Waals surface area contributed by atoms with Gasteiger partial charge in [-0.2, -0.15) is 8.78 Å². The van der Waals surface area contributed by atoms with Crippen LogP contribution in [0.25, 0.3) is 0 Å². The van der Waals surface area contributed by atoms with Gasteiger partial charge in [0.05, 0.1) is 23.7 Å². The zero-order valence-electron chi connectivity index (χ0n) is 17.0. The second-order valence-corrected chi connectivity index (χ2v) is 9.09. The molecule has 0 amide bonds. The van der Waals surface area contributed by atoms with Crippen LogP contribution in [0.5, 0.6) is 0 Å². The maximum atomic E-state index is 13.5. The highest BCUT2D eigenvalue weighted by molar-refractivity contribution is 7.86. The van der Waals surface area contributed by atoms with Crippen LogP contribution < -0.4 is 0 Å². The van der Waals surface area contributed by atoms with Gasteiger partial charge in [-0.1, -0.05) is 27.7 Å². The first-order chi connectivity index (χ1) is 13.2. The highest BCUT2D eigenvalue weighted by Crippen LogP contribution is 2.61. The van der Waals surface area contributed by atoms with E-state index < -0.39 is 69.5 Å². The van der Waals surface area contributed by atoms with E-state index in [1.807, 2.05) is 0 Å². The molecule has 0 heterocycles. The smallest absolute Gasteiger partial charge is 0.364 e. The van der Waals surface area contributed by atoms with Crippen LogP contribution >= 0.6 is 0 Å². The molecule has 1 aliphatic carbocycles. The molecule has 7 nitrogen and oxygen atoms in total. The molecule has 1 saturated carbocycles. The highest BCUT2D eigenvalue weighted by atomic mass is 32.2. The molecule has 0 aliphatic heterocycles. The Hall–Kier alpha value is -0.910. The summed E-state index contributed by atoms with van der Waals surface area (Å²) in [5, 5.41) is 16.6. The van der Waals surface area contributed by atoms with E-state index in [2.05, 4.69) is 0 Å². The van der Waals surface area contributed by atoms with Crippen molar-refractivity contribution in [2.24, 2.45) is 17.8 Å². The number of hydrogen-bond donors (Lipinski definition) is 2. The number of hydrogen-bond acceptors (Lipinski definition) is 7. The van der Waals surface area contributed by atoms with Gasteiger partial charge in [-0.15, -0.1) is 0 Å². The average Bonchev–Trinajstić information content (AvgIpc) is 3.42. The molecule has 0 radical (unpaired) electrons. The zero-order chi connectivity index (χ0) is 22.8. The number of carbonyl (C=O) groups excluding carboxylic acids is 1. The molecule has 2 N–H and O–H groups in total. The van der Waals surface area contributed by atoms with Crippen molar-refractivity contribution >= 4 is 16.1 Å². The molecular formula is C18H30F3O7S-. The summed E-state index contributed by atoms with van der Waals surface area (Å²) in [7, 11) is -6.19. The molecule has 1 fully saturated rings. The van der Waals surface area contributed by atoms with E-state index in [0.717, 1.165) is 0 Å². The monoisotopic (exact) mass is 447 g/mol. The summed E-state index contributed by atoms with van der Waals surface area (Å²) < 4.78 is 76.0. The summed E-state index contributed by atoms with van der Waals surface area (Å²) in [5.74, 6) is -3.01. The predicted octanol–water partition coefficient (Wildman–Crippen LogP) is 2.36. The average molecular weight is 447 g/mol. The first kappa shape index (κ1) is 26.1. The zero-order valence-corrected chi connectivity index (χ0v) is 17.8. The third-order valence-corrected chi connectivity index (χ3v) is 7.22. The van der Waals surface area contributed by atoms with E-state index in [0.29, 0.717) is 25.7 Å². The lowest BCUT2D eigenvalue weighted by Gasteiger charge is -2.30. The molecule has 0 bridgehead atoms. The number of halogens is 3. The van der Waals surface area contributed by atoms with E-state index in [1.54, 1.807) is 27.7 Å². The van der Waals surface area contributed by atoms with E-state index in [-0.39, 0.29) is 0 Å². The molecule has 29 heavy (non-hydrogen) atoms. The lowest BCUT2D eigenvalue weighted by molar-refractivity contribution is -0.148. The summed E-state index contributed by atoms with van der Waals surface area (Å²) in [5.41, 5.74) is -2.47. The summed E-state index contributed by atoms with van der Waals surface area (Å²) >= 11 is 0. The molecule has 11 heteroatoms. The number of carbonyl (C=O) groups is 1. The Morgan fingerprint density at radius 2 is 1.41 bits per heavy atom. The third-order valence-electron chi connectivity index (χ3n) is 6.30. The van der Waals surface area contributed by atoms with Crippen molar-refractivity contribution in [3.05, 3.63) is 0 Å². The number of esters is 1. The Labute approximate surface area is 169 Å². The molecule has 0 aromatic heterocycles. The van der Waals surface area contributed by atoms with Gasteiger partial charge in [-0.05, 0) is 25.7 Å². The van der Waals surface area contributed by atoms with Crippen LogP contribution in [0.15, 0.2) is 0 Å². The normalized spacial score (nSPS) is 24.3. The number of alkyl halides is 3. The molecule has 0 spiro atoms. The minimum atomic E-state index is -6.19. The maximum Gasteiger partial charge on any atom is 0.364 e. The van der Waals surface area contributed by atoms with E-state index >= 15 is 0 Å².